The summed E-state index contributed by atoms with van der Waals surface area (Å²) in [6, 6.07) is 2.29. The number of carbonyl (C=O) groups is 1. The van der Waals surface area contributed by atoms with Gasteiger partial charge in [-0.1, -0.05) is 26.2 Å². The van der Waals surface area contributed by atoms with E-state index in [2.05, 4.69) is 16.8 Å². The molecule has 2 fully saturated rings. The van der Waals surface area contributed by atoms with E-state index in [9.17, 15) is 4.79 Å². The second kappa shape index (κ2) is 5.51. The van der Waals surface area contributed by atoms with Gasteiger partial charge in [0.1, 0.15) is 5.69 Å². The standard InChI is InChI=1S/C16H25N3O/c1-11-4-2-3-5-12(11)9-18-16(20)15-8-13(17)10-19(15)14-6-7-14/h8,10-12,14H,2-7,9,17H2,1H3,(H,18,20). The summed E-state index contributed by atoms with van der Waals surface area (Å²) >= 11 is 0. The Kier molecular flexibility index (Phi) is 3.72. The fourth-order valence-corrected chi connectivity index (χ4v) is 3.35. The molecule has 4 nitrogen and oxygen atoms in total. The van der Waals surface area contributed by atoms with Crippen molar-refractivity contribution in [3.8, 4) is 0 Å². The van der Waals surface area contributed by atoms with Crippen molar-refractivity contribution in [2.45, 2.75) is 51.5 Å². The zero-order chi connectivity index (χ0) is 14.1. The van der Waals surface area contributed by atoms with Crippen molar-refractivity contribution in [1.82, 2.24) is 9.88 Å². The highest BCUT2D eigenvalue weighted by molar-refractivity contribution is 5.93. The first-order valence-electron chi connectivity index (χ1n) is 7.90. The largest absolute Gasteiger partial charge is 0.397 e. The fourth-order valence-electron chi connectivity index (χ4n) is 3.35. The van der Waals surface area contributed by atoms with Gasteiger partial charge in [-0.2, -0.15) is 0 Å². The average Bonchev–Trinajstić information content (AvgIpc) is 3.20. The van der Waals surface area contributed by atoms with Crippen LogP contribution in [0.5, 0.6) is 0 Å². The van der Waals surface area contributed by atoms with Crippen LogP contribution in [0.4, 0.5) is 5.69 Å². The highest BCUT2D eigenvalue weighted by Gasteiger charge is 2.28. The molecule has 4 heteroatoms. The number of nitrogens with two attached hydrogens (primary N) is 1. The van der Waals surface area contributed by atoms with Crippen molar-refractivity contribution >= 4 is 11.6 Å². The van der Waals surface area contributed by atoms with Crippen LogP contribution >= 0.6 is 0 Å². The number of hydrogen-bond acceptors (Lipinski definition) is 2. The van der Waals surface area contributed by atoms with Gasteiger partial charge in [0.25, 0.3) is 5.91 Å². The number of nitrogens with zero attached hydrogens (tertiary/aromatic N) is 1. The van der Waals surface area contributed by atoms with Crippen LogP contribution < -0.4 is 11.1 Å². The molecule has 0 bridgehead atoms. The van der Waals surface area contributed by atoms with Crippen molar-refractivity contribution in [3.63, 3.8) is 0 Å². The van der Waals surface area contributed by atoms with E-state index in [0.717, 1.165) is 31.0 Å². The maximum Gasteiger partial charge on any atom is 0.268 e. The lowest BCUT2D eigenvalue weighted by atomic mass is 9.80. The lowest BCUT2D eigenvalue weighted by Gasteiger charge is -2.28. The predicted molar refractivity (Wildman–Crippen MR) is 80.6 cm³/mol. The van der Waals surface area contributed by atoms with Gasteiger partial charge in [0.05, 0.1) is 5.69 Å². The maximum atomic E-state index is 12.4. The third-order valence-corrected chi connectivity index (χ3v) is 4.86. The van der Waals surface area contributed by atoms with E-state index in [4.69, 9.17) is 5.73 Å². The third kappa shape index (κ3) is 2.84. The number of carbonyl (C=O) groups excluding carboxylic acids is 1. The lowest BCUT2D eigenvalue weighted by molar-refractivity contribution is 0.0927. The van der Waals surface area contributed by atoms with Crippen LogP contribution in [0.2, 0.25) is 0 Å². The predicted octanol–water partition coefficient (Wildman–Crippen LogP) is 2.96. The molecule has 3 rings (SSSR count). The number of anilines is 1. The molecule has 20 heavy (non-hydrogen) atoms. The third-order valence-electron chi connectivity index (χ3n) is 4.86. The summed E-state index contributed by atoms with van der Waals surface area (Å²) in [6.07, 6.45) is 9.40. The van der Waals surface area contributed by atoms with Gasteiger partial charge < -0.3 is 15.6 Å². The number of amides is 1. The van der Waals surface area contributed by atoms with Crippen LogP contribution in [0.3, 0.4) is 0 Å². The van der Waals surface area contributed by atoms with Crippen LogP contribution in [-0.2, 0) is 0 Å². The van der Waals surface area contributed by atoms with Crippen molar-refractivity contribution in [3.05, 3.63) is 18.0 Å². The molecule has 0 aromatic carbocycles. The molecule has 110 valence electrons. The number of aromatic nitrogens is 1. The van der Waals surface area contributed by atoms with E-state index < -0.39 is 0 Å². The van der Waals surface area contributed by atoms with Crippen LogP contribution in [0.15, 0.2) is 12.3 Å². The Morgan fingerprint density at radius 2 is 2.10 bits per heavy atom. The van der Waals surface area contributed by atoms with Crippen molar-refractivity contribution in [1.29, 1.82) is 0 Å². The summed E-state index contributed by atoms with van der Waals surface area (Å²) in [6.45, 7) is 3.11. The molecular weight excluding hydrogens is 250 g/mol. The Balaban J connectivity index is 1.61. The molecule has 1 aromatic heterocycles. The van der Waals surface area contributed by atoms with Gasteiger partial charge in [-0.3, -0.25) is 4.79 Å². The van der Waals surface area contributed by atoms with E-state index in [1.54, 1.807) is 6.07 Å². The van der Waals surface area contributed by atoms with E-state index >= 15 is 0 Å². The van der Waals surface area contributed by atoms with Gasteiger partial charge in [0.2, 0.25) is 0 Å². The Hall–Kier alpha value is -1.45. The average molecular weight is 275 g/mol. The summed E-state index contributed by atoms with van der Waals surface area (Å²) in [4.78, 5) is 12.4. The Labute approximate surface area is 120 Å². The molecule has 2 unspecified atom stereocenters. The van der Waals surface area contributed by atoms with Crippen molar-refractivity contribution in [2.75, 3.05) is 12.3 Å². The summed E-state index contributed by atoms with van der Waals surface area (Å²) in [5, 5.41) is 3.12. The highest BCUT2D eigenvalue weighted by Crippen LogP contribution is 2.37. The first kappa shape index (κ1) is 13.5. The molecule has 3 N–H and O–H groups in total. The molecule has 0 spiro atoms. The summed E-state index contributed by atoms with van der Waals surface area (Å²) < 4.78 is 2.05. The van der Waals surface area contributed by atoms with Crippen molar-refractivity contribution < 1.29 is 4.79 Å². The second-order valence-corrected chi connectivity index (χ2v) is 6.53. The molecular formula is C16H25N3O. The van der Waals surface area contributed by atoms with Gasteiger partial charge >= 0.3 is 0 Å². The molecule has 0 saturated heterocycles. The SMILES string of the molecule is CC1CCCCC1CNC(=O)c1cc(N)cn1C1CC1. The minimum atomic E-state index is 0.0337. The zero-order valence-electron chi connectivity index (χ0n) is 12.3. The molecule has 2 aliphatic rings. The Morgan fingerprint density at radius 3 is 2.80 bits per heavy atom. The lowest BCUT2D eigenvalue weighted by Crippen LogP contribution is -2.34. The summed E-state index contributed by atoms with van der Waals surface area (Å²) in [7, 11) is 0. The molecule has 0 aliphatic heterocycles. The molecule has 2 atom stereocenters. The van der Waals surface area contributed by atoms with Gasteiger partial charge in [-0.15, -0.1) is 0 Å². The Morgan fingerprint density at radius 1 is 1.35 bits per heavy atom. The molecule has 1 amide bonds. The minimum absolute atomic E-state index is 0.0337. The first-order valence-corrected chi connectivity index (χ1v) is 7.90. The van der Waals surface area contributed by atoms with Gasteiger partial charge in [-0.25, -0.2) is 0 Å². The smallest absolute Gasteiger partial charge is 0.268 e. The number of nitrogens with one attached hydrogen (secondary N) is 1. The quantitative estimate of drug-likeness (QED) is 0.887. The second-order valence-electron chi connectivity index (χ2n) is 6.53. The summed E-state index contributed by atoms with van der Waals surface area (Å²) in [5.74, 6) is 1.39. The molecule has 0 radical (unpaired) electrons. The van der Waals surface area contributed by atoms with E-state index in [1.165, 1.54) is 25.7 Å². The summed E-state index contributed by atoms with van der Waals surface area (Å²) in [5.41, 5.74) is 7.26. The van der Waals surface area contributed by atoms with E-state index in [0.29, 0.717) is 17.6 Å². The number of nitrogen functional groups attached to an aromatic ring is 1. The fraction of sp³-hybridized carbons (Fsp3) is 0.688. The molecule has 1 heterocycles. The van der Waals surface area contributed by atoms with Gasteiger partial charge in [0.15, 0.2) is 0 Å². The van der Waals surface area contributed by atoms with Gasteiger partial charge in [-0.05, 0) is 37.2 Å². The van der Waals surface area contributed by atoms with Crippen LogP contribution in [0.25, 0.3) is 0 Å². The van der Waals surface area contributed by atoms with E-state index in [-0.39, 0.29) is 5.91 Å². The normalized spacial score (nSPS) is 26.4. The van der Waals surface area contributed by atoms with Crippen LogP contribution in [-0.4, -0.2) is 17.0 Å². The van der Waals surface area contributed by atoms with Crippen molar-refractivity contribution in [2.24, 2.45) is 11.8 Å². The number of hydrogen-bond donors (Lipinski definition) is 2. The van der Waals surface area contributed by atoms with Crippen LogP contribution in [0.1, 0.15) is 62.0 Å². The number of rotatable bonds is 4. The molecule has 1 aromatic rings. The van der Waals surface area contributed by atoms with Crippen LogP contribution in [0, 0.1) is 11.8 Å². The monoisotopic (exact) mass is 275 g/mol. The van der Waals surface area contributed by atoms with E-state index in [1.807, 2.05) is 6.20 Å². The molecule has 2 saturated carbocycles. The minimum Gasteiger partial charge on any atom is -0.397 e. The molecule has 2 aliphatic carbocycles. The zero-order valence-corrected chi connectivity index (χ0v) is 12.3. The topological polar surface area (TPSA) is 60.1 Å². The first-order chi connectivity index (χ1) is 9.65. The maximum absolute atomic E-state index is 12.4. The van der Waals surface area contributed by atoms with Gasteiger partial charge in [0, 0.05) is 18.8 Å². The highest BCUT2D eigenvalue weighted by atomic mass is 16.1. The Bertz CT molecular complexity index is 490.